The van der Waals surface area contributed by atoms with E-state index in [0.717, 1.165) is 0 Å². The van der Waals surface area contributed by atoms with Crippen LogP contribution in [0, 0.1) is 5.92 Å². The first-order valence-electron chi connectivity index (χ1n) is 11.1. The third-order valence-electron chi connectivity index (χ3n) is 6.11. The highest BCUT2D eigenvalue weighted by Crippen LogP contribution is 2.43. The van der Waals surface area contributed by atoms with E-state index in [4.69, 9.17) is 21.3 Å². The van der Waals surface area contributed by atoms with Crippen LogP contribution in [0.2, 0.25) is 5.02 Å². The molecular formula is C24H27ClF2N4O3. The first-order chi connectivity index (χ1) is 16.0. The molecule has 1 fully saturated rings. The predicted octanol–water partition coefficient (Wildman–Crippen LogP) is 4.31. The van der Waals surface area contributed by atoms with Crippen LogP contribution >= 0.6 is 11.6 Å². The molecule has 0 saturated heterocycles. The number of rotatable bonds is 7. The van der Waals surface area contributed by atoms with Gasteiger partial charge in [-0.15, -0.1) is 0 Å². The van der Waals surface area contributed by atoms with Gasteiger partial charge in [-0.2, -0.15) is 0 Å². The van der Waals surface area contributed by atoms with E-state index in [-0.39, 0.29) is 37.3 Å². The lowest BCUT2D eigenvalue weighted by atomic mass is 9.81. The van der Waals surface area contributed by atoms with Crippen molar-refractivity contribution in [2.75, 3.05) is 44.1 Å². The van der Waals surface area contributed by atoms with Gasteiger partial charge in [-0.1, -0.05) is 11.6 Å². The summed E-state index contributed by atoms with van der Waals surface area (Å²) in [5.74, 6) is -2.68. The number of carbonyl (C=O) groups excluding carboxylic acids is 1. The number of nitrogens with zero attached hydrogens (tertiary/aromatic N) is 4. The zero-order valence-electron chi connectivity index (χ0n) is 19.6. The van der Waals surface area contributed by atoms with E-state index in [1.54, 1.807) is 66.7 Å². The molecule has 10 heteroatoms. The Kier molecular flexibility index (Phi) is 6.42. The summed E-state index contributed by atoms with van der Waals surface area (Å²) in [4.78, 5) is 34.2. The van der Waals surface area contributed by atoms with Gasteiger partial charge in [-0.25, -0.2) is 13.8 Å². The van der Waals surface area contributed by atoms with Crippen molar-refractivity contribution in [2.45, 2.75) is 32.2 Å². The Bertz CT molecular complexity index is 1320. The summed E-state index contributed by atoms with van der Waals surface area (Å²) in [6.45, 7) is 2.18. The van der Waals surface area contributed by atoms with Crippen LogP contribution in [0.4, 0.5) is 20.3 Å². The third kappa shape index (κ3) is 4.41. The molecule has 0 amide bonds. The molecule has 1 aliphatic rings. The van der Waals surface area contributed by atoms with Crippen LogP contribution in [0.3, 0.4) is 0 Å². The number of hydrogen-bond acceptors (Lipinski definition) is 6. The second kappa shape index (κ2) is 9.02. The molecule has 1 aliphatic carbocycles. The third-order valence-corrected chi connectivity index (χ3v) is 6.42. The molecule has 0 spiro atoms. The number of aromatic nitrogens is 2. The van der Waals surface area contributed by atoms with Crippen molar-refractivity contribution >= 4 is 51.0 Å². The monoisotopic (exact) mass is 492 g/mol. The van der Waals surface area contributed by atoms with Crippen molar-refractivity contribution < 1.29 is 18.3 Å². The fraction of sp³-hybridized carbons (Fsp3) is 0.458. The lowest BCUT2D eigenvalue weighted by molar-refractivity contribution is -0.143. The Labute approximate surface area is 200 Å². The molecule has 0 unspecified atom stereocenters. The number of hydrogen-bond donors (Lipinski definition) is 0. The number of anilines is 2. The largest absolute Gasteiger partial charge is 0.465 e. The molecule has 0 atom stereocenters. The van der Waals surface area contributed by atoms with Crippen LogP contribution in [0.1, 0.15) is 19.8 Å². The van der Waals surface area contributed by atoms with E-state index in [1.165, 1.54) is 0 Å². The summed E-state index contributed by atoms with van der Waals surface area (Å²) in [7, 11) is 5.38. The molecule has 7 nitrogen and oxygen atoms in total. The summed E-state index contributed by atoms with van der Waals surface area (Å²) in [6, 6.07) is 6.66. The van der Waals surface area contributed by atoms with Crippen LogP contribution in [0.15, 0.2) is 29.1 Å². The Balaban J connectivity index is 1.91. The number of fused-ring (bicyclic) bond motifs is 2. The van der Waals surface area contributed by atoms with E-state index in [2.05, 4.69) is 0 Å². The fourth-order valence-electron chi connectivity index (χ4n) is 4.61. The quantitative estimate of drug-likeness (QED) is 0.361. The van der Waals surface area contributed by atoms with Gasteiger partial charge < -0.3 is 19.1 Å². The molecule has 0 bridgehead atoms. The van der Waals surface area contributed by atoms with E-state index in [9.17, 15) is 18.4 Å². The minimum atomic E-state index is -2.59. The minimum Gasteiger partial charge on any atom is -0.465 e. The Morgan fingerprint density at radius 1 is 1.21 bits per heavy atom. The van der Waals surface area contributed by atoms with Crippen molar-refractivity contribution in [2.24, 2.45) is 5.92 Å². The molecule has 34 heavy (non-hydrogen) atoms. The van der Waals surface area contributed by atoms with Crippen molar-refractivity contribution in [3.8, 4) is 0 Å². The second-order valence-electron chi connectivity index (χ2n) is 8.96. The average molecular weight is 493 g/mol. The number of carbonyl (C=O) groups is 1. The first-order valence-corrected chi connectivity index (χ1v) is 11.5. The predicted molar refractivity (Wildman–Crippen MR) is 130 cm³/mol. The molecule has 4 rings (SSSR count). The number of pyridine rings is 2. The van der Waals surface area contributed by atoms with E-state index >= 15 is 0 Å². The van der Waals surface area contributed by atoms with Gasteiger partial charge in [0.05, 0.1) is 28.2 Å². The molecular weight excluding hydrogens is 466 g/mol. The first kappa shape index (κ1) is 24.2. The maximum absolute atomic E-state index is 13.4. The molecule has 1 saturated carbocycles. The Morgan fingerprint density at radius 2 is 1.88 bits per heavy atom. The Hall–Kier alpha value is -2.94. The van der Waals surface area contributed by atoms with Gasteiger partial charge >= 0.3 is 5.97 Å². The molecule has 2 aromatic heterocycles. The fourth-order valence-corrected chi connectivity index (χ4v) is 4.93. The highest BCUT2D eigenvalue weighted by molar-refractivity contribution is 6.35. The highest BCUT2D eigenvalue weighted by Gasteiger charge is 2.45. The minimum absolute atomic E-state index is 0.130. The van der Waals surface area contributed by atoms with Gasteiger partial charge in [-0.3, -0.25) is 9.59 Å². The van der Waals surface area contributed by atoms with Crippen LogP contribution in [-0.4, -0.2) is 55.7 Å². The normalized spacial score (nSPS) is 15.4. The van der Waals surface area contributed by atoms with Gasteiger partial charge in [0.2, 0.25) is 5.92 Å². The molecule has 3 aromatic rings. The van der Waals surface area contributed by atoms with Crippen LogP contribution < -0.4 is 15.2 Å². The zero-order chi connectivity index (χ0) is 24.8. The van der Waals surface area contributed by atoms with Crippen LogP contribution in [0.25, 0.3) is 21.9 Å². The number of esters is 1. The standard InChI is InChI=1S/C24H27ClF2N4O3/c1-5-34-19(32)13-31-20-15(6-8-17(25)21(20)29(2)3)22(33)16-7-9-18(28-23(16)31)30(4)12-14-10-24(26,27)11-14/h6-9,14H,5,10-13H2,1-4H3. The lowest BCUT2D eigenvalue weighted by Crippen LogP contribution is -2.41. The summed E-state index contributed by atoms with van der Waals surface area (Å²) < 4.78 is 33.4. The molecule has 0 radical (unpaired) electrons. The summed E-state index contributed by atoms with van der Waals surface area (Å²) in [6.07, 6.45) is -0.290. The molecule has 0 aliphatic heterocycles. The molecule has 182 valence electrons. The number of ether oxygens (including phenoxy) is 1. The Morgan fingerprint density at radius 3 is 2.50 bits per heavy atom. The van der Waals surface area contributed by atoms with Crippen LogP contribution in [0.5, 0.6) is 0 Å². The van der Waals surface area contributed by atoms with E-state index < -0.39 is 11.9 Å². The van der Waals surface area contributed by atoms with E-state index in [0.29, 0.717) is 45.0 Å². The molecule has 2 heterocycles. The van der Waals surface area contributed by atoms with Gasteiger partial charge in [0.1, 0.15) is 18.0 Å². The lowest BCUT2D eigenvalue weighted by Gasteiger charge is -2.37. The maximum atomic E-state index is 13.4. The van der Waals surface area contributed by atoms with Crippen LogP contribution in [-0.2, 0) is 16.1 Å². The van der Waals surface area contributed by atoms with Crippen molar-refractivity contribution in [3.05, 3.63) is 39.5 Å². The summed E-state index contributed by atoms with van der Waals surface area (Å²) in [5, 5.41) is 1.17. The van der Waals surface area contributed by atoms with Gasteiger partial charge in [0.25, 0.3) is 0 Å². The second-order valence-corrected chi connectivity index (χ2v) is 9.37. The number of halogens is 3. The zero-order valence-corrected chi connectivity index (χ0v) is 20.3. The number of alkyl halides is 2. The SMILES string of the molecule is CCOC(=O)Cn1c2nc(N(C)CC3CC(F)(F)C3)ccc2c(=O)c2ccc(Cl)c(N(C)C)c21. The van der Waals surface area contributed by atoms with Gasteiger partial charge in [0, 0.05) is 45.9 Å². The van der Waals surface area contributed by atoms with Gasteiger partial charge in [0.15, 0.2) is 5.43 Å². The molecule has 1 aromatic carbocycles. The van der Waals surface area contributed by atoms with Gasteiger partial charge in [-0.05, 0) is 37.1 Å². The van der Waals surface area contributed by atoms with E-state index in [1.807, 2.05) is 0 Å². The topological polar surface area (TPSA) is 67.7 Å². The number of benzene rings is 1. The smallest absolute Gasteiger partial charge is 0.326 e. The average Bonchev–Trinajstić information content (AvgIpc) is 2.74. The highest BCUT2D eigenvalue weighted by atomic mass is 35.5. The van der Waals surface area contributed by atoms with Crippen molar-refractivity contribution in [3.63, 3.8) is 0 Å². The maximum Gasteiger partial charge on any atom is 0.326 e. The summed E-state index contributed by atoms with van der Waals surface area (Å²) in [5.41, 5.74) is 1.14. The van der Waals surface area contributed by atoms with Crippen molar-refractivity contribution in [1.29, 1.82) is 0 Å². The molecule has 0 N–H and O–H groups in total. The van der Waals surface area contributed by atoms with Crippen molar-refractivity contribution in [1.82, 2.24) is 9.55 Å². The summed E-state index contributed by atoms with van der Waals surface area (Å²) >= 11 is 6.49.